The highest BCUT2D eigenvalue weighted by atomic mass is 16.5. The summed E-state index contributed by atoms with van der Waals surface area (Å²) < 4.78 is 4.87. The van der Waals surface area contributed by atoms with Crippen LogP contribution in [0.2, 0.25) is 0 Å². The fourth-order valence-electron chi connectivity index (χ4n) is 1.16. The molecule has 13 heavy (non-hydrogen) atoms. The molecule has 0 fully saturated rings. The van der Waals surface area contributed by atoms with Gasteiger partial charge < -0.3 is 10.5 Å². The van der Waals surface area contributed by atoms with Crippen LogP contribution < -0.4 is 5.73 Å². The average Bonchev–Trinajstić information content (AvgIpc) is 1.98. The predicted octanol–water partition coefficient (Wildman–Crippen LogP) is 1.56. The van der Waals surface area contributed by atoms with Crippen LogP contribution in [0.5, 0.6) is 0 Å². The molecule has 1 unspecified atom stereocenters. The average molecular weight is 187 g/mol. The lowest BCUT2D eigenvalue weighted by Gasteiger charge is -2.28. The van der Waals surface area contributed by atoms with Gasteiger partial charge in [0.1, 0.15) is 0 Å². The van der Waals surface area contributed by atoms with Crippen LogP contribution in [0.25, 0.3) is 0 Å². The minimum atomic E-state index is -0.145. The van der Waals surface area contributed by atoms with Crippen LogP contribution >= 0.6 is 0 Å². The van der Waals surface area contributed by atoms with Crippen LogP contribution in [0.4, 0.5) is 0 Å². The van der Waals surface area contributed by atoms with Crippen molar-refractivity contribution in [2.45, 2.75) is 34.1 Å². The zero-order valence-corrected chi connectivity index (χ0v) is 9.09. The SMILES string of the molecule is CCOC(=O)CC(CN)C(C)(C)C. The van der Waals surface area contributed by atoms with Crippen LogP contribution in [0, 0.1) is 11.3 Å². The molecule has 0 aliphatic carbocycles. The number of esters is 1. The van der Waals surface area contributed by atoms with Gasteiger partial charge in [0.15, 0.2) is 0 Å². The molecular formula is C10H21NO2. The van der Waals surface area contributed by atoms with E-state index in [1.54, 1.807) is 0 Å². The largest absolute Gasteiger partial charge is 0.466 e. The van der Waals surface area contributed by atoms with Crippen molar-refractivity contribution in [1.82, 2.24) is 0 Å². The number of ether oxygens (including phenoxy) is 1. The Balaban J connectivity index is 4.06. The molecule has 0 radical (unpaired) electrons. The van der Waals surface area contributed by atoms with Crippen molar-refractivity contribution in [2.75, 3.05) is 13.2 Å². The molecule has 0 rings (SSSR count). The normalized spacial score (nSPS) is 13.9. The summed E-state index contributed by atoms with van der Waals surface area (Å²) in [6.07, 6.45) is 0.424. The van der Waals surface area contributed by atoms with E-state index in [0.29, 0.717) is 19.6 Å². The Kier molecular flexibility index (Phi) is 4.99. The third kappa shape index (κ3) is 4.88. The molecule has 0 aliphatic rings. The summed E-state index contributed by atoms with van der Waals surface area (Å²) in [5.74, 6) is 0.0550. The molecule has 2 N–H and O–H groups in total. The summed E-state index contributed by atoms with van der Waals surface area (Å²) in [6, 6.07) is 0. The van der Waals surface area contributed by atoms with Crippen LogP contribution in [0.1, 0.15) is 34.1 Å². The van der Waals surface area contributed by atoms with Gasteiger partial charge in [0.05, 0.1) is 13.0 Å². The standard InChI is InChI=1S/C10H21NO2/c1-5-13-9(12)6-8(7-11)10(2,3)4/h8H,5-7,11H2,1-4H3. The highest BCUT2D eigenvalue weighted by Gasteiger charge is 2.25. The molecule has 0 amide bonds. The van der Waals surface area contributed by atoms with Crippen molar-refractivity contribution in [3.05, 3.63) is 0 Å². The maximum atomic E-state index is 11.2. The van der Waals surface area contributed by atoms with Crippen LogP contribution in [0.3, 0.4) is 0 Å². The van der Waals surface area contributed by atoms with Crippen molar-refractivity contribution >= 4 is 5.97 Å². The van der Waals surface area contributed by atoms with Gasteiger partial charge in [-0.15, -0.1) is 0 Å². The number of nitrogens with two attached hydrogens (primary N) is 1. The highest BCUT2D eigenvalue weighted by Crippen LogP contribution is 2.27. The topological polar surface area (TPSA) is 52.3 Å². The van der Waals surface area contributed by atoms with E-state index < -0.39 is 0 Å². The second-order valence-corrected chi connectivity index (χ2v) is 4.31. The van der Waals surface area contributed by atoms with Gasteiger partial charge in [-0.3, -0.25) is 4.79 Å². The molecule has 0 saturated carbocycles. The Labute approximate surface area is 80.6 Å². The fraction of sp³-hybridized carbons (Fsp3) is 0.900. The van der Waals surface area contributed by atoms with E-state index >= 15 is 0 Å². The smallest absolute Gasteiger partial charge is 0.306 e. The molecule has 0 heterocycles. The fourth-order valence-corrected chi connectivity index (χ4v) is 1.16. The van der Waals surface area contributed by atoms with Crippen molar-refractivity contribution in [2.24, 2.45) is 17.1 Å². The molecule has 0 aromatic heterocycles. The van der Waals surface area contributed by atoms with Crippen molar-refractivity contribution in [3.8, 4) is 0 Å². The lowest BCUT2D eigenvalue weighted by atomic mass is 9.79. The molecule has 78 valence electrons. The monoisotopic (exact) mass is 187 g/mol. The number of carbonyl (C=O) groups excluding carboxylic acids is 1. The molecular weight excluding hydrogens is 166 g/mol. The second kappa shape index (κ2) is 5.22. The number of hydrogen-bond acceptors (Lipinski definition) is 3. The summed E-state index contributed by atoms with van der Waals surface area (Å²) >= 11 is 0. The molecule has 0 spiro atoms. The van der Waals surface area contributed by atoms with Gasteiger partial charge in [-0.1, -0.05) is 20.8 Å². The minimum Gasteiger partial charge on any atom is -0.466 e. The van der Waals surface area contributed by atoms with E-state index in [0.717, 1.165) is 0 Å². The molecule has 0 saturated heterocycles. The van der Waals surface area contributed by atoms with Crippen molar-refractivity contribution < 1.29 is 9.53 Å². The second-order valence-electron chi connectivity index (χ2n) is 4.31. The van der Waals surface area contributed by atoms with Crippen LogP contribution in [0.15, 0.2) is 0 Å². The van der Waals surface area contributed by atoms with Gasteiger partial charge >= 0.3 is 5.97 Å². The van der Waals surface area contributed by atoms with E-state index in [2.05, 4.69) is 20.8 Å². The summed E-state index contributed by atoms with van der Waals surface area (Å²) in [5.41, 5.74) is 5.67. The Morgan fingerprint density at radius 2 is 2.00 bits per heavy atom. The number of carbonyl (C=O) groups is 1. The van der Waals surface area contributed by atoms with E-state index in [1.807, 2.05) is 6.92 Å². The van der Waals surface area contributed by atoms with E-state index in [9.17, 15) is 4.79 Å². The Hall–Kier alpha value is -0.570. The molecule has 3 heteroatoms. The summed E-state index contributed by atoms with van der Waals surface area (Å²) in [4.78, 5) is 11.2. The Bertz CT molecular complexity index is 161. The lowest BCUT2D eigenvalue weighted by molar-refractivity contribution is -0.145. The number of rotatable bonds is 4. The number of hydrogen-bond donors (Lipinski definition) is 1. The highest BCUT2D eigenvalue weighted by molar-refractivity contribution is 5.69. The Morgan fingerprint density at radius 3 is 2.31 bits per heavy atom. The Morgan fingerprint density at radius 1 is 1.46 bits per heavy atom. The predicted molar refractivity (Wildman–Crippen MR) is 53.2 cm³/mol. The first-order valence-electron chi connectivity index (χ1n) is 4.77. The first kappa shape index (κ1) is 12.4. The van der Waals surface area contributed by atoms with Crippen LogP contribution in [-0.4, -0.2) is 19.1 Å². The van der Waals surface area contributed by atoms with E-state index in [-0.39, 0.29) is 17.3 Å². The summed E-state index contributed by atoms with van der Waals surface area (Å²) in [5, 5.41) is 0. The van der Waals surface area contributed by atoms with E-state index in [1.165, 1.54) is 0 Å². The minimum absolute atomic E-state index is 0.0709. The summed E-state index contributed by atoms with van der Waals surface area (Å²) in [7, 11) is 0. The van der Waals surface area contributed by atoms with Gasteiger partial charge in [0.25, 0.3) is 0 Å². The van der Waals surface area contributed by atoms with Gasteiger partial charge in [-0.05, 0) is 24.8 Å². The maximum Gasteiger partial charge on any atom is 0.306 e. The molecule has 0 aromatic rings. The third-order valence-electron chi connectivity index (χ3n) is 2.23. The maximum absolute atomic E-state index is 11.2. The molecule has 0 aromatic carbocycles. The lowest BCUT2D eigenvalue weighted by Crippen LogP contribution is -2.30. The summed E-state index contributed by atoms with van der Waals surface area (Å²) in [6.45, 7) is 9.05. The van der Waals surface area contributed by atoms with Gasteiger partial charge in [0.2, 0.25) is 0 Å². The van der Waals surface area contributed by atoms with Crippen molar-refractivity contribution in [1.29, 1.82) is 0 Å². The molecule has 3 nitrogen and oxygen atoms in total. The van der Waals surface area contributed by atoms with Gasteiger partial charge in [0, 0.05) is 0 Å². The van der Waals surface area contributed by atoms with Gasteiger partial charge in [-0.2, -0.15) is 0 Å². The van der Waals surface area contributed by atoms with Crippen molar-refractivity contribution in [3.63, 3.8) is 0 Å². The zero-order chi connectivity index (χ0) is 10.5. The quantitative estimate of drug-likeness (QED) is 0.679. The zero-order valence-electron chi connectivity index (χ0n) is 9.09. The van der Waals surface area contributed by atoms with Gasteiger partial charge in [-0.25, -0.2) is 0 Å². The molecule has 1 atom stereocenters. The molecule has 0 bridgehead atoms. The first-order valence-corrected chi connectivity index (χ1v) is 4.77. The third-order valence-corrected chi connectivity index (χ3v) is 2.23. The molecule has 0 aliphatic heterocycles. The first-order chi connectivity index (χ1) is 5.91. The van der Waals surface area contributed by atoms with E-state index in [4.69, 9.17) is 10.5 Å². The van der Waals surface area contributed by atoms with Crippen LogP contribution in [-0.2, 0) is 9.53 Å².